The Labute approximate surface area is 190 Å². The number of hydrogen-bond donors (Lipinski definition) is 3. The molecule has 0 saturated heterocycles. The molecule has 0 bridgehead atoms. The van der Waals surface area contributed by atoms with E-state index in [-0.39, 0.29) is 23.8 Å². The van der Waals surface area contributed by atoms with Gasteiger partial charge in [-0.25, -0.2) is 9.97 Å². The number of aliphatic imine (C=N–C) groups is 1. The molecule has 172 valence electrons. The monoisotopic (exact) mass is 436 g/mol. The Balaban J connectivity index is 1.63. The van der Waals surface area contributed by atoms with Crippen LogP contribution >= 0.6 is 0 Å². The summed E-state index contributed by atoms with van der Waals surface area (Å²) < 4.78 is 0. The van der Waals surface area contributed by atoms with E-state index in [2.05, 4.69) is 52.8 Å². The average Bonchev–Trinajstić information content (AvgIpc) is 3.32. The number of rotatable bonds is 7. The fourth-order valence-corrected chi connectivity index (χ4v) is 4.72. The SMILES string of the molecule is CCC(CC)NC(=O)c1nc(N[C@H]2CCCC[C@H]2NC2=NCCC2)c2cc(C)ccc2n1. The quantitative estimate of drug-likeness (QED) is 0.600. The van der Waals surface area contributed by atoms with Crippen molar-refractivity contribution < 1.29 is 4.79 Å². The van der Waals surface area contributed by atoms with E-state index in [1.54, 1.807) is 0 Å². The predicted octanol–water partition coefficient (Wildman–Crippen LogP) is 4.36. The summed E-state index contributed by atoms with van der Waals surface area (Å²) in [5.74, 6) is 1.91. The van der Waals surface area contributed by atoms with E-state index in [4.69, 9.17) is 4.98 Å². The van der Waals surface area contributed by atoms with Gasteiger partial charge in [0.1, 0.15) is 5.82 Å². The number of carbonyl (C=O) groups is 1. The second-order valence-corrected chi connectivity index (χ2v) is 9.12. The highest BCUT2D eigenvalue weighted by atomic mass is 16.2. The lowest BCUT2D eigenvalue weighted by molar-refractivity contribution is 0.0924. The minimum absolute atomic E-state index is 0.135. The Bertz CT molecular complexity index is 984. The highest BCUT2D eigenvalue weighted by Gasteiger charge is 2.28. The zero-order valence-corrected chi connectivity index (χ0v) is 19.6. The third-order valence-electron chi connectivity index (χ3n) is 6.69. The zero-order chi connectivity index (χ0) is 22.5. The van der Waals surface area contributed by atoms with Crippen LogP contribution in [0.5, 0.6) is 0 Å². The fraction of sp³-hybridized carbons (Fsp3) is 0.600. The molecule has 2 atom stereocenters. The molecule has 1 aliphatic heterocycles. The van der Waals surface area contributed by atoms with Gasteiger partial charge < -0.3 is 16.0 Å². The summed E-state index contributed by atoms with van der Waals surface area (Å²) in [6.07, 6.45) is 8.54. The second-order valence-electron chi connectivity index (χ2n) is 9.12. The average molecular weight is 437 g/mol. The number of carbonyl (C=O) groups excluding carboxylic acids is 1. The van der Waals surface area contributed by atoms with E-state index in [0.29, 0.717) is 6.04 Å². The van der Waals surface area contributed by atoms with Gasteiger partial charge in [0.15, 0.2) is 0 Å². The molecule has 1 amide bonds. The number of aryl methyl sites for hydroxylation is 1. The fourth-order valence-electron chi connectivity index (χ4n) is 4.72. The topological polar surface area (TPSA) is 91.3 Å². The number of hydrogen-bond acceptors (Lipinski definition) is 6. The molecule has 1 fully saturated rings. The molecule has 0 spiro atoms. The molecule has 4 rings (SSSR count). The Morgan fingerprint density at radius 1 is 1.06 bits per heavy atom. The maximum absolute atomic E-state index is 12.9. The predicted molar refractivity (Wildman–Crippen MR) is 130 cm³/mol. The van der Waals surface area contributed by atoms with Crippen LogP contribution in [0.2, 0.25) is 0 Å². The van der Waals surface area contributed by atoms with Crippen LogP contribution in [-0.2, 0) is 0 Å². The Kier molecular flexibility index (Phi) is 7.22. The normalized spacial score (nSPS) is 20.9. The second kappa shape index (κ2) is 10.3. The van der Waals surface area contributed by atoms with Crippen LogP contribution in [0.4, 0.5) is 5.82 Å². The summed E-state index contributed by atoms with van der Waals surface area (Å²) in [5, 5.41) is 11.4. The number of anilines is 1. The van der Waals surface area contributed by atoms with Crippen LogP contribution in [0.15, 0.2) is 23.2 Å². The maximum atomic E-state index is 12.9. The van der Waals surface area contributed by atoms with E-state index in [0.717, 1.165) is 73.2 Å². The van der Waals surface area contributed by atoms with Crippen LogP contribution < -0.4 is 16.0 Å². The number of fused-ring (bicyclic) bond motifs is 1. The number of aromatic nitrogens is 2. The summed E-state index contributed by atoms with van der Waals surface area (Å²) in [6.45, 7) is 7.16. The van der Waals surface area contributed by atoms with Crippen molar-refractivity contribution in [2.45, 2.75) is 90.3 Å². The standard InChI is InChI=1S/C25H36N6O/c1-4-17(5-2)27-25(32)24-29-19-13-12-16(3)15-18(19)23(31-24)30-21-10-7-6-9-20(21)28-22-11-8-14-26-22/h12-13,15,17,20-21H,4-11,14H2,1-3H3,(H,26,28)(H,27,32)(H,29,30,31)/t20-,21+/m1/s1. The van der Waals surface area contributed by atoms with Gasteiger partial charge >= 0.3 is 0 Å². The summed E-state index contributed by atoms with van der Waals surface area (Å²) in [7, 11) is 0. The first-order valence-corrected chi connectivity index (χ1v) is 12.2. The van der Waals surface area contributed by atoms with Gasteiger partial charge in [-0.15, -0.1) is 0 Å². The number of amidine groups is 1. The van der Waals surface area contributed by atoms with Crippen molar-refractivity contribution in [2.24, 2.45) is 4.99 Å². The molecule has 32 heavy (non-hydrogen) atoms. The Morgan fingerprint density at radius 2 is 1.81 bits per heavy atom. The first-order valence-electron chi connectivity index (χ1n) is 12.2. The highest BCUT2D eigenvalue weighted by molar-refractivity contribution is 5.96. The van der Waals surface area contributed by atoms with Crippen molar-refractivity contribution in [2.75, 3.05) is 11.9 Å². The maximum Gasteiger partial charge on any atom is 0.289 e. The van der Waals surface area contributed by atoms with Gasteiger partial charge in [0.2, 0.25) is 5.82 Å². The van der Waals surface area contributed by atoms with E-state index >= 15 is 0 Å². The molecule has 2 aromatic rings. The molecule has 3 N–H and O–H groups in total. The van der Waals surface area contributed by atoms with Crippen LogP contribution in [0.25, 0.3) is 10.9 Å². The number of amides is 1. The van der Waals surface area contributed by atoms with Gasteiger partial charge in [-0.3, -0.25) is 9.79 Å². The minimum atomic E-state index is -0.206. The van der Waals surface area contributed by atoms with Crippen LogP contribution in [0.1, 0.15) is 81.4 Å². The van der Waals surface area contributed by atoms with Crippen LogP contribution in [-0.4, -0.2) is 46.4 Å². The van der Waals surface area contributed by atoms with Gasteiger partial charge in [0.25, 0.3) is 5.91 Å². The lowest BCUT2D eigenvalue weighted by atomic mass is 9.90. The molecular weight excluding hydrogens is 400 g/mol. The first-order chi connectivity index (χ1) is 15.6. The summed E-state index contributed by atoms with van der Waals surface area (Å²) in [6, 6.07) is 6.81. The van der Waals surface area contributed by atoms with Crippen molar-refractivity contribution in [1.82, 2.24) is 20.6 Å². The molecule has 1 aliphatic carbocycles. The minimum Gasteiger partial charge on any atom is -0.369 e. The molecular formula is C25H36N6O. The Morgan fingerprint density at radius 3 is 2.50 bits per heavy atom. The number of benzene rings is 1. The molecule has 2 heterocycles. The summed E-state index contributed by atoms with van der Waals surface area (Å²) in [4.78, 5) is 26.9. The van der Waals surface area contributed by atoms with Gasteiger partial charge in [-0.2, -0.15) is 0 Å². The molecule has 2 aliphatic rings. The lowest BCUT2D eigenvalue weighted by Gasteiger charge is -2.34. The lowest BCUT2D eigenvalue weighted by Crippen LogP contribution is -2.48. The molecule has 0 unspecified atom stereocenters. The highest BCUT2D eigenvalue weighted by Crippen LogP contribution is 2.27. The van der Waals surface area contributed by atoms with Crippen LogP contribution in [0, 0.1) is 6.92 Å². The third kappa shape index (κ3) is 5.19. The molecule has 0 radical (unpaired) electrons. The Hall–Kier alpha value is -2.70. The molecule has 7 nitrogen and oxygen atoms in total. The molecule has 1 aromatic carbocycles. The summed E-state index contributed by atoms with van der Waals surface area (Å²) >= 11 is 0. The first kappa shape index (κ1) is 22.5. The van der Waals surface area contributed by atoms with Crippen LogP contribution in [0.3, 0.4) is 0 Å². The van der Waals surface area contributed by atoms with E-state index < -0.39 is 0 Å². The molecule has 1 saturated carbocycles. The third-order valence-corrected chi connectivity index (χ3v) is 6.69. The largest absolute Gasteiger partial charge is 0.369 e. The van der Waals surface area contributed by atoms with Crippen molar-refractivity contribution in [1.29, 1.82) is 0 Å². The number of nitrogens with one attached hydrogen (secondary N) is 3. The van der Waals surface area contributed by atoms with Crippen molar-refractivity contribution >= 4 is 28.5 Å². The van der Waals surface area contributed by atoms with Gasteiger partial charge in [-0.05, 0) is 51.2 Å². The number of nitrogens with zero attached hydrogens (tertiary/aromatic N) is 3. The molecule has 7 heteroatoms. The van der Waals surface area contributed by atoms with Gasteiger partial charge in [0, 0.05) is 36.5 Å². The van der Waals surface area contributed by atoms with E-state index in [9.17, 15) is 4.79 Å². The van der Waals surface area contributed by atoms with E-state index in [1.807, 2.05) is 12.1 Å². The molecule has 1 aromatic heterocycles. The van der Waals surface area contributed by atoms with Crippen molar-refractivity contribution in [3.63, 3.8) is 0 Å². The van der Waals surface area contributed by atoms with Gasteiger partial charge in [-0.1, -0.05) is 38.3 Å². The zero-order valence-electron chi connectivity index (χ0n) is 19.6. The smallest absolute Gasteiger partial charge is 0.289 e. The van der Waals surface area contributed by atoms with Gasteiger partial charge in [0.05, 0.1) is 11.4 Å². The van der Waals surface area contributed by atoms with Crippen molar-refractivity contribution in [3.8, 4) is 0 Å². The van der Waals surface area contributed by atoms with E-state index in [1.165, 1.54) is 12.8 Å². The van der Waals surface area contributed by atoms with Crippen molar-refractivity contribution in [3.05, 3.63) is 29.6 Å². The summed E-state index contributed by atoms with van der Waals surface area (Å²) in [5.41, 5.74) is 1.94.